The number of rotatable bonds is 3. The van der Waals surface area contributed by atoms with Crippen LogP contribution in [0.3, 0.4) is 0 Å². The highest BCUT2D eigenvalue weighted by Crippen LogP contribution is 2.17. The van der Waals surface area contributed by atoms with E-state index in [9.17, 15) is 4.79 Å². The fourth-order valence-electron chi connectivity index (χ4n) is 2.14. The lowest BCUT2D eigenvalue weighted by Gasteiger charge is -2.09. The van der Waals surface area contributed by atoms with Crippen molar-refractivity contribution in [3.05, 3.63) is 44.5 Å². The molecule has 0 saturated heterocycles. The van der Waals surface area contributed by atoms with Gasteiger partial charge in [-0.15, -0.1) is 0 Å². The van der Waals surface area contributed by atoms with Gasteiger partial charge in [-0.3, -0.25) is 4.57 Å². The molecule has 0 aliphatic heterocycles. The van der Waals surface area contributed by atoms with Gasteiger partial charge in [0.2, 0.25) is 0 Å². The highest BCUT2D eigenvalue weighted by Gasteiger charge is 2.14. The molecule has 1 aromatic carbocycles. The summed E-state index contributed by atoms with van der Waals surface area (Å²) in [5.74, 6) is 0.365. The number of nitrogens with zero attached hydrogens (tertiary/aromatic N) is 4. The number of halogens is 1. The third-order valence-corrected chi connectivity index (χ3v) is 3.74. The average Bonchev–Trinajstić information content (AvgIpc) is 2.96. The zero-order valence-corrected chi connectivity index (χ0v) is 13.2. The van der Waals surface area contributed by atoms with Crippen LogP contribution in [0.4, 0.5) is 0 Å². The molecule has 0 spiro atoms. The van der Waals surface area contributed by atoms with E-state index in [1.807, 2.05) is 32.0 Å². The summed E-state index contributed by atoms with van der Waals surface area (Å²) in [5, 5.41) is 4.18. The molecule has 2 heterocycles. The van der Waals surface area contributed by atoms with Gasteiger partial charge in [-0.25, -0.2) is 14.5 Å². The monoisotopic (exact) mass is 384 g/mol. The van der Waals surface area contributed by atoms with E-state index < -0.39 is 0 Å². The summed E-state index contributed by atoms with van der Waals surface area (Å²) in [6.45, 7) is 4.40. The van der Waals surface area contributed by atoms with E-state index in [2.05, 4.69) is 32.7 Å². The molecule has 0 aliphatic carbocycles. The van der Waals surface area contributed by atoms with E-state index in [1.165, 1.54) is 6.33 Å². The number of hydrogen-bond donors (Lipinski definition) is 0. The van der Waals surface area contributed by atoms with Gasteiger partial charge >= 0.3 is 5.76 Å². The fourth-order valence-corrected chi connectivity index (χ4v) is 2.62. The maximum Gasteiger partial charge on any atom is 0.420 e. The molecule has 0 radical (unpaired) electrons. The summed E-state index contributed by atoms with van der Waals surface area (Å²) >= 11 is 2.21. The zero-order chi connectivity index (χ0) is 14.3. The molecule has 7 heteroatoms. The summed E-state index contributed by atoms with van der Waals surface area (Å²) in [7, 11) is 0. The van der Waals surface area contributed by atoms with Crippen molar-refractivity contribution in [1.82, 2.24) is 19.3 Å². The second kappa shape index (κ2) is 5.04. The van der Waals surface area contributed by atoms with Crippen LogP contribution in [0.2, 0.25) is 0 Å². The topological polar surface area (TPSA) is 65.8 Å². The highest BCUT2D eigenvalue weighted by atomic mass is 127. The van der Waals surface area contributed by atoms with E-state index in [0.717, 1.165) is 14.9 Å². The molecule has 3 aromatic rings. The van der Waals surface area contributed by atoms with Crippen LogP contribution in [-0.2, 0) is 6.54 Å². The summed E-state index contributed by atoms with van der Waals surface area (Å²) in [4.78, 5) is 16.2. The average molecular weight is 384 g/mol. The zero-order valence-electron chi connectivity index (χ0n) is 11.1. The minimum absolute atomic E-state index is 0.196. The van der Waals surface area contributed by atoms with E-state index >= 15 is 0 Å². The van der Waals surface area contributed by atoms with Crippen molar-refractivity contribution in [2.45, 2.75) is 26.4 Å². The Morgan fingerprint density at radius 1 is 1.40 bits per heavy atom. The maximum atomic E-state index is 12.0. The predicted molar refractivity (Wildman–Crippen MR) is 82.7 cm³/mol. The summed E-state index contributed by atoms with van der Waals surface area (Å²) < 4.78 is 9.69. The standard InChI is InChI=1S/C13H13IN4O2/c1-8(2)18-12(15-7-16-18)6-17-10-5-9(14)3-4-11(10)20-13(17)19/h3-5,7-8H,6H2,1-2H3. The Labute approximate surface area is 128 Å². The maximum absolute atomic E-state index is 12.0. The number of aromatic nitrogens is 4. The summed E-state index contributed by atoms with van der Waals surface area (Å²) in [5.41, 5.74) is 1.37. The largest absolute Gasteiger partial charge is 0.420 e. The number of oxazole rings is 1. The van der Waals surface area contributed by atoms with E-state index in [1.54, 1.807) is 9.25 Å². The van der Waals surface area contributed by atoms with E-state index in [-0.39, 0.29) is 11.8 Å². The molecule has 104 valence electrons. The molecule has 0 unspecified atom stereocenters. The molecular formula is C13H13IN4O2. The molecule has 3 rings (SSSR count). The van der Waals surface area contributed by atoms with Crippen LogP contribution in [0.1, 0.15) is 25.7 Å². The third kappa shape index (κ3) is 2.26. The predicted octanol–water partition coefficient (Wildman–Crippen LogP) is 2.42. The molecule has 0 fully saturated rings. The van der Waals surface area contributed by atoms with Crippen LogP contribution < -0.4 is 5.76 Å². The van der Waals surface area contributed by atoms with Crippen molar-refractivity contribution in [2.24, 2.45) is 0 Å². The minimum atomic E-state index is -0.375. The van der Waals surface area contributed by atoms with Crippen molar-refractivity contribution < 1.29 is 4.42 Å². The molecule has 6 nitrogen and oxygen atoms in total. The molecule has 0 atom stereocenters. The molecular weight excluding hydrogens is 371 g/mol. The summed E-state index contributed by atoms with van der Waals surface area (Å²) in [6, 6.07) is 5.84. The molecule has 0 bridgehead atoms. The normalized spacial score (nSPS) is 11.6. The van der Waals surface area contributed by atoms with Crippen molar-refractivity contribution in [2.75, 3.05) is 0 Å². The van der Waals surface area contributed by atoms with Gasteiger partial charge in [-0.2, -0.15) is 5.10 Å². The Kier molecular flexibility index (Phi) is 3.36. The van der Waals surface area contributed by atoms with Crippen molar-refractivity contribution in [3.63, 3.8) is 0 Å². The van der Waals surface area contributed by atoms with Crippen LogP contribution >= 0.6 is 22.6 Å². The van der Waals surface area contributed by atoms with Gasteiger partial charge in [0.1, 0.15) is 12.2 Å². The third-order valence-electron chi connectivity index (χ3n) is 3.07. The van der Waals surface area contributed by atoms with Crippen molar-refractivity contribution in [1.29, 1.82) is 0 Å². The Morgan fingerprint density at radius 2 is 2.20 bits per heavy atom. The SMILES string of the molecule is CC(C)n1ncnc1Cn1c(=O)oc2ccc(I)cc21. The Bertz CT molecular complexity index is 815. The van der Waals surface area contributed by atoms with Gasteiger partial charge in [0.15, 0.2) is 5.58 Å². The minimum Gasteiger partial charge on any atom is -0.408 e. The van der Waals surface area contributed by atoms with Crippen molar-refractivity contribution in [3.8, 4) is 0 Å². The van der Waals surface area contributed by atoms with E-state index in [0.29, 0.717) is 12.1 Å². The Balaban J connectivity index is 2.11. The second-order valence-electron chi connectivity index (χ2n) is 4.78. The van der Waals surface area contributed by atoms with Crippen molar-refractivity contribution >= 4 is 33.7 Å². The second-order valence-corrected chi connectivity index (χ2v) is 6.03. The quantitative estimate of drug-likeness (QED) is 0.651. The van der Waals surface area contributed by atoms with Crippen LogP contribution in [0.15, 0.2) is 33.7 Å². The molecule has 0 N–H and O–H groups in total. The first kappa shape index (κ1) is 13.3. The van der Waals surface area contributed by atoms with Crippen LogP contribution in [0.5, 0.6) is 0 Å². The molecule has 20 heavy (non-hydrogen) atoms. The first-order valence-corrected chi connectivity index (χ1v) is 7.31. The molecule has 2 aromatic heterocycles. The number of fused-ring (bicyclic) bond motifs is 1. The lowest BCUT2D eigenvalue weighted by Crippen LogP contribution is -2.19. The van der Waals surface area contributed by atoms with Gasteiger partial charge in [0.25, 0.3) is 0 Å². The van der Waals surface area contributed by atoms with Gasteiger partial charge in [0, 0.05) is 9.61 Å². The number of hydrogen-bond acceptors (Lipinski definition) is 4. The Morgan fingerprint density at radius 3 is 2.95 bits per heavy atom. The summed E-state index contributed by atoms with van der Waals surface area (Å²) in [6.07, 6.45) is 1.51. The van der Waals surface area contributed by atoms with Gasteiger partial charge in [-0.1, -0.05) is 0 Å². The van der Waals surface area contributed by atoms with Crippen LogP contribution in [0.25, 0.3) is 11.1 Å². The smallest absolute Gasteiger partial charge is 0.408 e. The first-order valence-electron chi connectivity index (χ1n) is 6.23. The molecule has 0 aliphatic rings. The van der Waals surface area contributed by atoms with Gasteiger partial charge < -0.3 is 4.42 Å². The molecule has 0 amide bonds. The van der Waals surface area contributed by atoms with E-state index in [4.69, 9.17) is 4.42 Å². The molecule has 0 saturated carbocycles. The van der Waals surface area contributed by atoms with Crippen LogP contribution in [0, 0.1) is 3.57 Å². The Hall–Kier alpha value is -1.64. The lowest BCUT2D eigenvalue weighted by molar-refractivity contribution is 0.476. The first-order chi connectivity index (χ1) is 9.56. The van der Waals surface area contributed by atoms with Crippen LogP contribution in [-0.4, -0.2) is 19.3 Å². The van der Waals surface area contributed by atoms with Gasteiger partial charge in [-0.05, 0) is 54.6 Å². The lowest BCUT2D eigenvalue weighted by atomic mass is 10.3. The fraction of sp³-hybridized carbons (Fsp3) is 0.308. The highest BCUT2D eigenvalue weighted by molar-refractivity contribution is 14.1. The number of benzene rings is 1. The van der Waals surface area contributed by atoms with Gasteiger partial charge in [0.05, 0.1) is 12.1 Å².